The second kappa shape index (κ2) is 8.30. The van der Waals surface area contributed by atoms with Gasteiger partial charge in [-0.15, -0.1) is 0 Å². The molecule has 9 nitrogen and oxygen atoms in total. The van der Waals surface area contributed by atoms with Crippen LogP contribution in [0.15, 0.2) is 30.5 Å². The van der Waals surface area contributed by atoms with Crippen LogP contribution in [-0.4, -0.2) is 49.9 Å². The Balaban J connectivity index is 1.81. The van der Waals surface area contributed by atoms with Gasteiger partial charge in [0.25, 0.3) is 5.91 Å². The van der Waals surface area contributed by atoms with Crippen molar-refractivity contribution in [1.29, 1.82) is 0 Å². The smallest absolute Gasteiger partial charge is 0.320 e. The molecule has 2 aliphatic rings. The summed E-state index contributed by atoms with van der Waals surface area (Å²) in [5.41, 5.74) is -0.515. The maximum atomic E-state index is 13.6. The molecule has 2 fully saturated rings. The molecule has 2 heterocycles. The van der Waals surface area contributed by atoms with Gasteiger partial charge in [-0.2, -0.15) is 5.10 Å². The monoisotopic (exact) mass is 428 g/mol. The number of benzene rings is 1. The molecule has 1 aliphatic heterocycles. The summed E-state index contributed by atoms with van der Waals surface area (Å²) < 4.78 is 6.99. The highest BCUT2D eigenvalue weighted by Gasteiger charge is 2.51. The summed E-state index contributed by atoms with van der Waals surface area (Å²) >= 11 is 0. The number of carbonyl (C=O) groups excluding carboxylic acids is 1. The highest BCUT2D eigenvalue weighted by molar-refractivity contribution is 5.96. The summed E-state index contributed by atoms with van der Waals surface area (Å²) in [5.74, 6) is -0.0290. The third-order valence-corrected chi connectivity index (χ3v) is 6.75. The molecule has 2 aromatic rings. The molecular weight excluding hydrogens is 400 g/mol. The molecule has 1 saturated heterocycles. The van der Waals surface area contributed by atoms with Gasteiger partial charge in [-0.1, -0.05) is 31.0 Å². The Morgan fingerprint density at radius 3 is 2.84 bits per heavy atom. The van der Waals surface area contributed by atoms with Crippen LogP contribution in [0, 0.1) is 16.0 Å². The van der Waals surface area contributed by atoms with Crippen molar-refractivity contribution in [2.45, 2.75) is 57.2 Å². The van der Waals surface area contributed by atoms with E-state index in [1.807, 2.05) is 31.2 Å². The van der Waals surface area contributed by atoms with Gasteiger partial charge in [0.05, 0.1) is 23.7 Å². The zero-order valence-corrected chi connectivity index (χ0v) is 17.9. The van der Waals surface area contributed by atoms with E-state index in [1.165, 1.54) is 10.9 Å². The summed E-state index contributed by atoms with van der Waals surface area (Å²) in [5, 5.41) is 27.2. The number of rotatable bonds is 5. The molecule has 1 aromatic heterocycles. The number of methoxy groups -OCH3 is 1. The fraction of sp³-hybridized carbons (Fsp3) is 0.545. The van der Waals surface area contributed by atoms with E-state index in [4.69, 9.17) is 4.74 Å². The number of aliphatic hydroxyl groups is 1. The summed E-state index contributed by atoms with van der Waals surface area (Å²) in [4.78, 5) is 26.3. The van der Waals surface area contributed by atoms with Gasteiger partial charge in [0.2, 0.25) is 5.69 Å². The molecule has 31 heavy (non-hydrogen) atoms. The lowest BCUT2D eigenvalue weighted by Crippen LogP contribution is -2.56. The van der Waals surface area contributed by atoms with E-state index < -0.39 is 22.5 Å². The fourth-order valence-corrected chi connectivity index (χ4v) is 5.20. The first kappa shape index (κ1) is 21.3. The fourth-order valence-electron chi connectivity index (χ4n) is 5.20. The molecule has 0 radical (unpaired) electrons. The molecule has 1 aliphatic carbocycles. The van der Waals surface area contributed by atoms with Crippen LogP contribution in [0.4, 0.5) is 5.69 Å². The molecule has 1 saturated carbocycles. The molecule has 0 bridgehead atoms. The van der Waals surface area contributed by atoms with Crippen LogP contribution in [0.25, 0.3) is 0 Å². The van der Waals surface area contributed by atoms with Crippen LogP contribution in [0.2, 0.25) is 0 Å². The molecule has 3 atom stereocenters. The number of likely N-dealkylation sites (tertiary alicyclic amines) is 1. The Morgan fingerprint density at radius 1 is 1.35 bits per heavy atom. The molecule has 1 N–H and O–H groups in total. The lowest BCUT2D eigenvalue weighted by molar-refractivity contribution is -0.385. The van der Waals surface area contributed by atoms with Crippen molar-refractivity contribution >= 4 is 11.6 Å². The summed E-state index contributed by atoms with van der Waals surface area (Å²) in [6.45, 7) is 2.53. The van der Waals surface area contributed by atoms with Gasteiger partial charge in [-0.3, -0.25) is 19.6 Å². The van der Waals surface area contributed by atoms with Crippen molar-refractivity contribution in [2.75, 3.05) is 13.7 Å². The van der Waals surface area contributed by atoms with E-state index in [0.29, 0.717) is 31.7 Å². The number of carbonyl (C=O) groups is 1. The second-order valence-corrected chi connectivity index (χ2v) is 8.37. The van der Waals surface area contributed by atoms with Crippen molar-refractivity contribution in [1.82, 2.24) is 14.7 Å². The lowest BCUT2D eigenvalue weighted by Gasteiger charge is -2.52. The standard InChI is InChI=1S/C22H28N4O5/c1-3-24-14-17(26(29)30)19(23-24)21(27)25-13-12-22(28)11-7-6-9-16(22)20(25)15-8-4-5-10-18(15)31-2/h4-5,8,10,14,16,20,28H,3,6-7,9,11-13H2,1-2H3/t16-,20-,22+/m1/s1. The largest absolute Gasteiger partial charge is 0.496 e. The van der Waals surface area contributed by atoms with Gasteiger partial charge in [-0.25, -0.2) is 0 Å². The second-order valence-electron chi connectivity index (χ2n) is 8.37. The molecule has 0 unspecified atom stereocenters. The minimum atomic E-state index is -0.866. The average Bonchev–Trinajstić information content (AvgIpc) is 3.22. The van der Waals surface area contributed by atoms with E-state index in [0.717, 1.165) is 24.8 Å². The van der Waals surface area contributed by atoms with E-state index in [2.05, 4.69) is 5.10 Å². The van der Waals surface area contributed by atoms with E-state index in [9.17, 15) is 20.0 Å². The van der Waals surface area contributed by atoms with Crippen LogP contribution in [0.5, 0.6) is 5.75 Å². The molecule has 0 spiro atoms. The first-order chi connectivity index (χ1) is 14.9. The third kappa shape index (κ3) is 3.67. The van der Waals surface area contributed by atoms with Gasteiger partial charge >= 0.3 is 5.69 Å². The first-order valence-corrected chi connectivity index (χ1v) is 10.8. The van der Waals surface area contributed by atoms with E-state index >= 15 is 0 Å². The normalized spacial score (nSPS) is 25.7. The number of para-hydroxylation sites is 1. The molecule has 1 amide bonds. The number of ether oxygens (including phenoxy) is 1. The number of nitrogens with zero attached hydrogens (tertiary/aromatic N) is 4. The maximum absolute atomic E-state index is 13.6. The number of hydrogen-bond donors (Lipinski definition) is 1. The van der Waals surface area contributed by atoms with Crippen LogP contribution in [0.3, 0.4) is 0 Å². The Bertz CT molecular complexity index is 990. The predicted octanol–water partition coefficient (Wildman–Crippen LogP) is 3.33. The quantitative estimate of drug-likeness (QED) is 0.578. The van der Waals surface area contributed by atoms with Gasteiger partial charge in [-0.05, 0) is 32.3 Å². The summed E-state index contributed by atoms with van der Waals surface area (Å²) in [6, 6.07) is 7.03. The predicted molar refractivity (Wildman–Crippen MR) is 113 cm³/mol. The van der Waals surface area contributed by atoms with Crippen molar-refractivity contribution in [3.05, 3.63) is 51.8 Å². The van der Waals surface area contributed by atoms with E-state index in [1.54, 1.807) is 12.0 Å². The molecular formula is C22H28N4O5. The molecule has 1 aromatic carbocycles. The number of piperidine rings is 1. The van der Waals surface area contributed by atoms with Crippen molar-refractivity contribution in [3.63, 3.8) is 0 Å². The van der Waals surface area contributed by atoms with Crippen molar-refractivity contribution < 1.29 is 19.6 Å². The van der Waals surface area contributed by atoms with Crippen LogP contribution in [0.1, 0.15) is 61.1 Å². The number of aromatic nitrogens is 2. The van der Waals surface area contributed by atoms with Gasteiger partial charge in [0, 0.05) is 24.6 Å². The molecule has 166 valence electrons. The Morgan fingerprint density at radius 2 is 2.13 bits per heavy atom. The van der Waals surface area contributed by atoms with Crippen LogP contribution >= 0.6 is 0 Å². The number of fused-ring (bicyclic) bond motifs is 1. The van der Waals surface area contributed by atoms with Gasteiger partial charge < -0.3 is 14.7 Å². The lowest BCUT2D eigenvalue weighted by atomic mass is 9.66. The highest BCUT2D eigenvalue weighted by atomic mass is 16.6. The maximum Gasteiger partial charge on any atom is 0.320 e. The Kier molecular flexibility index (Phi) is 5.70. The third-order valence-electron chi connectivity index (χ3n) is 6.75. The van der Waals surface area contributed by atoms with E-state index in [-0.39, 0.29) is 17.3 Å². The number of amides is 1. The molecule has 9 heteroatoms. The Labute approximate surface area is 180 Å². The zero-order valence-electron chi connectivity index (χ0n) is 17.9. The van der Waals surface area contributed by atoms with Crippen LogP contribution < -0.4 is 4.74 Å². The highest BCUT2D eigenvalue weighted by Crippen LogP contribution is 2.51. The topological polar surface area (TPSA) is 111 Å². The van der Waals surface area contributed by atoms with Crippen molar-refractivity contribution in [3.8, 4) is 5.75 Å². The molecule has 4 rings (SSSR count). The number of aryl methyl sites for hydroxylation is 1. The van der Waals surface area contributed by atoms with Gasteiger partial charge in [0.15, 0.2) is 0 Å². The Hall–Kier alpha value is -2.94. The first-order valence-electron chi connectivity index (χ1n) is 10.8. The summed E-state index contributed by atoms with van der Waals surface area (Å²) in [6.07, 6.45) is 5.12. The summed E-state index contributed by atoms with van der Waals surface area (Å²) in [7, 11) is 1.58. The minimum Gasteiger partial charge on any atom is -0.496 e. The SMILES string of the molecule is CCn1cc([N+](=O)[O-])c(C(=O)N2CC[C@@]3(O)CCCC[C@@H]3[C@H]2c2ccccc2OC)n1. The number of hydrogen-bond acceptors (Lipinski definition) is 6. The number of nitro groups is 1. The zero-order chi connectivity index (χ0) is 22.2. The van der Waals surface area contributed by atoms with Gasteiger partial charge in [0.1, 0.15) is 11.9 Å². The average molecular weight is 428 g/mol. The van der Waals surface area contributed by atoms with Crippen LogP contribution in [-0.2, 0) is 6.54 Å². The van der Waals surface area contributed by atoms with Crippen molar-refractivity contribution in [2.24, 2.45) is 5.92 Å². The minimum absolute atomic E-state index is 0.159.